The average molecular weight is 220 g/mol. The van der Waals surface area contributed by atoms with Crippen LogP contribution < -0.4 is 5.32 Å². The minimum Gasteiger partial charge on any atom is -0.748 e. The predicted octanol–water partition coefficient (Wildman–Crippen LogP) is 0.00250. The Balaban J connectivity index is 4.31. The molecule has 1 N–H and O–H groups in total. The van der Waals surface area contributed by atoms with Gasteiger partial charge in [-0.15, -0.1) is 0 Å². The third-order valence-corrected chi connectivity index (χ3v) is 2.43. The number of hydrogen-bond donors (Lipinski definition) is 1. The molecule has 0 aliphatic heterocycles. The number of rotatable bonds is 5. The highest BCUT2D eigenvalue weighted by atomic mass is 32.2. The molecule has 1 amide bonds. The summed E-state index contributed by atoms with van der Waals surface area (Å²) >= 11 is 0. The first-order chi connectivity index (χ1) is 6.26. The Morgan fingerprint density at radius 1 is 1.57 bits per heavy atom. The summed E-state index contributed by atoms with van der Waals surface area (Å²) in [4.78, 5) is 11.1. The molecule has 0 heterocycles. The lowest BCUT2D eigenvalue weighted by atomic mass is 10.2. The van der Waals surface area contributed by atoms with Gasteiger partial charge in [-0.3, -0.25) is 4.79 Å². The molecular weight excluding hydrogens is 206 g/mol. The van der Waals surface area contributed by atoms with Crippen molar-refractivity contribution >= 4 is 16.0 Å². The van der Waals surface area contributed by atoms with Crippen molar-refractivity contribution in [1.82, 2.24) is 5.32 Å². The fourth-order valence-electron chi connectivity index (χ4n) is 0.817. The van der Waals surface area contributed by atoms with Crippen LogP contribution in [0.25, 0.3) is 0 Å². The highest BCUT2D eigenvalue weighted by Gasteiger charge is 2.13. The Bertz CT molecular complexity index is 320. The third-order valence-electron chi connectivity index (χ3n) is 1.62. The van der Waals surface area contributed by atoms with E-state index >= 15 is 0 Å². The smallest absolute Gasteiger partial charge is 0.246 e. The maximum Gasteiger partial charge on any atom is 0.246 e. The SMILES string of the molecule is C=C(C)C(=O)NC(CC)CS(=O)(=O)[O-]. The quantitative estimate of drug-likeness (QED) is 0.522. The van der Waals surface area contributed by atoms with E-state index in [1.54, 1.807) is 6.92 Å². The Morgan fingerprint density at radius 3 is 2.36 bits per heavy atom. The molecule has 0 saturated heterocycles. The number of carbonyl (C=O) groups excluding carboxylic acids is 1. The van der Waals surface area contributed by atoms with Crippen molar-refractivity contribution in [2.75, 3.05) is 5.75 Å². The van der Waals surface area contributed by atoms with Gasteiger partial charge in [0.05, 0.1) is 15.9 Å². The first kappa shape index (κ1) is 13.1. The number of amides is 1. The van der Waals surface area contributed by atoms with Crippen molar-refractivity contribution in [3.63, 3.8) is 0 Å². The van der Waals surface area contributed by atoms with Gasteiger partial charge in [0.2, 0.25) is 5.91 Å². The second kappa shape index (κ2) is 5.11. The maximum atomic E-state index is 11.1. The molecule has 14 heavy (non-hydrogen) atoms. The van der Waals surface area contributed by atoms with Crippen molar-refractivity contribution in [2.45, 2.75) is 26.3 Å². The summed E-state index contributed by atoms with van der Waals surface area (Å²) in [5.74, 6) is -1.01. The Morgan fingerprint density at radius 2 is 2.07 bits per heavy atom. The van der Waals surface area contributed by atoms with Crippen molar-refractivity contribution in [1.29, 1.82) is 0 Å². The molecule has 5 nitrogen and oxygen atoms in total. The molecule has 0 saturated carbocycles. The van der Waals surface area contributed by atoms with Crippen LogP contribution >= 0.6 is 0 Å². The normalized spacial score (nSPS) is 13.4. The van der Waals surface area contributed by atoms with Gasteiger partial charge in [-0.25, -0.2) is 8.42 Å². The summed E-state index contributed by atoms with van der Waals surface area (Å²) in [5, 5.41) is 2.41. The summed E-state index contributed by atoms with van der Waals surface area (Å²) in [6.07, 6.45) is 0.389. The van der Waals surface area contributed by atoms with Gasteiger partial charge in [-0.2, -0.15) is 0 Å². The lowest BCUT2D eigenvalue weighted by Crippen LogP contribution is -2.39. The molecular formula is C8H14NO4S-. The summed E-state index contributed by atoms with van der Waals surface area (Å²) in [7, 11) is -4.30. The van der Waals surface area contributed by atoms with Crippen LogP contribution in [0.1, 0.15) is 20.3 Å². The van der Waals surface area contributed by atoms with Crippen LogP contribution in [0.3, 0.4) is 0 Å². The zero-order chi connectivity index (χ0) is 11.4. The maximum absolute atomic E-state index is 11.1. The molecule has 0 aliphatic carbocycles. The van der Waals surface area contributed by atoms with Gasteiger partial charge in [-0.1, -0.05) is 13.5 Å². The first-order valence-electron chi connectivity index (χ1n) is 4.16. The van der Waals surface area contributed by atoms with Crippen molar-refractivity contribution in [3.05, 3.63) is 12.2 Å². The van der Waals surface area contributed by atoms with Crippen LogP contribution in [0, 0.1) is 0 Å². The molecule has 6 heteroatoms. The van der Waals surface area contributed by atoms with Crippen LogP contribution in [0.2, 0.25) is 0 Å². The molecule has 0 aromatic heterocycles. The van der Waals surface area contributed by atoms with Crippen LogP contribution in [-0.2, 0) is 14.9 Å². The van der Waals surface area contributed by atoms with Crippen LogP contribution in [0.5, 0.6) is 0 Å². The largest absolute Gasteiger partial charge is 0.748 e. The van der Waals surface area contributed by atoms with Gasteiger partial charge < -0.3 is 9.87 Å². The minimum atomic E-state index is -4.30. The summed E-state index contributed by atoms with van der Waals surface area (Å²) in [6, 6.07) is -0.637. The Hall–Kier alpha value is -0.880. The zero-order valence-corrected chi connectivity index (χ0v) is 9.06. The number of carbonyl (C=O) groups is 1. The summed E-state index contributed by atoms with van der Waals surface area (Å²) < 4.78 is 31.3. The predicted molar refractivity (Wildman–Crippen MR) is 51.6 cm³/mol. The van der Waals surface area contributed by atoms with Gasteiger partial charge in [0, 0.05) is 11.6 Å². The average Bonchev–Trinajstić information content (AvgIpc) is 2.00. The van der Waals surface area contributed by atoms with Crippen molar-refractivity contribution in [2.24, 2.45) is 0 Å². The molecule has 0 rings (SSSR count). The van der Waals surface area contributed by atoms with Gasteiger partial charge in [-0.05, 0) is 13.3 Å². The zero-order valence-electron chi connectivity index (χ0n) is 8.24. The molecule has 0 spiro atoms. The van der Waals surface area contributed by atoms with Gasteiger partial charge in [0.1, 0.15) is 0 Å². The standard InChI is InChI=1S/C8H15NO4S/c1-4-7(5-14(11,12)13)9-8(10)6(2)3/h7H,2,4-5H2,1,3H3,(H,9,10)(H,11,12,13)/p-1. The van der Waals surface area contributed by atoms with E-state index < -0.39 is 27.8 Å². The second-order valence-corrected chi connectivity index (χ2v) is 4.53. The van der Waals surface area contributed by atoms with Crippen LogP contribution in [-0.4, -0.2) is 30.7 Å². The van der Waals surface area contributed by atoms with Gasteiger partial charge in [0.15, 0.2) is 0 Å². The molecule has 0 aliphatic rings. The van der Waals surface area contributed by atoms with E-state index in [0.29, 0.717) is 6.42 Å². The molecule has 82 valence electrons. The molecule has 0 radical (unpaired) electrons. The fourth-order valence-corrected chi connectivity index (χ4v) is 1.63. The van der Waals surface area contributed by atoms with Crippen LogP contribution in [0.4, 0.5) is 0 Å². The summed E-state index contributed by atoms with van der Waals surface area (Å²) in [5.41, 5.74) is 0.284. The molecule has 0 bridgehead atoms. The van der Waals surface area contributed by atoms with E-state index in [9.17, 15) is 17.8 Å². The topological polar surface area (TPSA) is 86.3 Å². The van der Waals surface area contributed by atoms with Gasteiger partial charge >= 0.3 is 0 Å². The van der Waals surface area contributed by atoms with Crippen LogP contribution in [0.15, 0.2) is 12.2 Å². The van der Waals surface area contributed by atoms with E-state index in [2.05, 4.69) is 11.9 Å². The highest BCUT2D eigenvalue weighted by Crippen LogP contribution is 1.98. The molecule has 0 aromatic rings. The molecule has 1 unspecified atom stereocenters. The second-order valence-electron chi connectivity index (χ2n) is 3.08. The van der Waals surface area contributed by atoms with E-state index in [-0.39, 0.29) is 5.57 Å². The van der Waals surface area contributed by atoms with E-state index in [1.807, 2.05) is 0 Å². The Labute approximate surface area is 83.9 Å². The van der Waals surface area contributed by atoms with Crippen molar-refractivity contribution in [3.8, 4) is 0 Å². The lowest BCUT2D eigenvalue weighted by molar-refractivity contribution is -0.118. The van der Waals surface area contributed by atoms with Gasteiger partial charge in [0.25, 0.3) is 0 Å². The van der Waals surface area contributed by atoms with E-state index in [1.165, 1.54) is 6.92 Å². The third kappa shape index (κ3) is 5.71. The molecule has 0 fully saturated rings. The molecule has 0 aromatic carbocycles. The first-order valence-corrected chi connectivity index (χ1v) is 5.74. The molecule has 1 atom stereocenters. The van der Waals surface area contributed by atoms with E-state index in [4.69, 9.17) is 0 Å². The summed E-state index contributed by atoms with van der Waals surface area (Å²) in [6.45, 7) is 6.60. The van der Waals surface area contributed by atoms with Crippen molar-refractivity contribution < 1.29 is 17.8 Å². The monoisotopic (exact) mass is 220 g/mol. The minimum absolute atomic E-state index is 0.284. The Kier molecular flexibility index (Phi) is 4.79. The highest BCUT2D eigenvalue weighted by molar-refractivity contribution is 7.85. The lowest BCUT2D eigenvalue weighted by Gasteiger charge is -2.18. The number of nitrogens with one attached hydrogen (secondary N) is 1. The fraction of sp³-hybridized carbons (Fsp3) is 0.625. The number of hydrogen-bond acceptors (Lipinski definition) is 4. The van der Waals surface area contributed by atoms with E-state index in [0.717, 1.165) is 0 Å².